The Labute approximate surface area is 130 Å². The normalized spacial score (nSPS) is 25.2. The van der Waals surface area contributed by atoms with Gasteiger partial charge in [-0.15, -0.1) is 0 Å². The summed E-state index contributed by atoms with van der Waals surface area (Å²) in [5.41, 5.74) is 1.76. The van der Waals surface area contributed by atoms with E-state index in [2.05, 4.69) is 55.2 Å². The summed E-state index contributed by atoms with van der Waals surface area (Å²) in [6, 6.07) is 4.86. The Balaban J connectivity index is 1.96. The Morgan fingerprint density at radius 3 is 2.71 bits per heavy atom. The third-order valence-corrected chi connectivity index (χ3v) is 4.88. The van der Waals surface area contributed by atoms with Crippen molar-refractivity contribution in [2.24, 2.45) is 11.3 Å². The predicted molar refractivity (Wildman–Crippen MR) is 89.2 cm³/mol. The fourth-order valence-electron chi connectivity index (χ4n) is 3.90. The maximum Gasteiger partial charge on any atom is 0.0271 e. The van der Waals surface area contributed by atoms with E-state index in [1.165, 1.54) is 31.4 Å². The van der Waals surface area contributed by atoms with E-state index in [0.717, 1.165) is 19.0 Å². The monoisotopic (exact) mass is 289 g/mol. The van der Waals surface area contributed by atoms with Crippen molar-refractivity contribution in [3.63, 3.8) is 0 Å². The molecule has 0 aromatic carbocycles. The molecule has 2 unspecified atom stereocenters. The second-order valence-corrected chi connectivity index (χ2v) is 7.23. The molecular formula is C18H31N3. The van der Waals surface area contributed by atoms with Gasteiger partial charge in [0.1, 0.15) is 0 Å². The molecule has 1 heterocycles. The molecule has 1 aliphatic rings. The lowest BCUT2D eigenvalue weighted by atomic mass is 9.67. The third kappa shape index (κ3) is 4.52. The van der Waals surface area contributed by atoms with Gasteiger partial charge in [-0.25, -0.2) is 0 Å². The quantitative estimate of drug-likeness (QED) is 0.871. The molecule has 0 bridgehead atoms. The van der Waals surface area contributed by atoms with Crippen molar-refractivity contribution in [3.05, 3.63) is 30.1 Å². The Hall–Kier alpha value is -0.930. The Morgan fingerprint density at radius 1 is 1.33 bits per heavy atom. The van der Waals surface area contributed by atoms with Crippen molar-refractivity contribution in [3.8, 4) is 0 Å². The fourth-order valence-corrected chi connectivity index (χ4v) is 3.90. The van der Waals surface area contributed by atoms with E-state index in [9.17, 15) is 0 Å². The van der Waals surface area contributed by atoms with Crippen molar-refractivity contribution in [1.29, 1.82) is 0 Å². The lowest BCUT2D eigenvalue weighted by Gasteiger charge is -2.45. The highest BCUT2D eigenvalue weighted by Crippen LogP contribution is 2.39. The fraction of sp³-hybridized carbons (Fsp3) is 0.722. The number of aromatic nitrogens is 1. The van der Waals surface area contributed by atoms with Crippen LogP contribution >= 0.6 is 0 Å². The molecule has 1 aliphatic carbocycles. The molecule has 3 nitrogen and oxygen atoms in total. The van der Waals surface area contributed by atoms with Gasteiger partial charge < -0.3 is 10.2 Å². The van der Waals surface area contributed by atoms with Crippen LogP contribution in [0.4, 0.5) is 0 Å². The van der Waals surface area contributed by atoms with Crippen LogP contribution in [0.15, 0.2) is 24.5 Å². The van der Waals surface area contributed by atoms with E-state index < -0.39 is 0 Å². The van der Waals surface area contributed by atoms with Gasteiger partial charge in [0, 0.05) is 31.5 Å². The molecule has 1 saturated carbocycles. The topological polar surface area (TPSA) is 28.2 Å². The van der Waals surface area contributed by atoms with Crippen LogP contribution in [-0.2, 0) is 6.54 Å². The molecule has 1 aromatic rings. The lowest BCUT2D eigenvalue weighted by Crippen LogP contribution is -2.52. The van der Waals surface area contributed by atoms with Crippen LogP contribution < -0.4 is 5.32 Å². The van der Waals surface area contributed by atoms with Crippen LogP contribution in [0.2, 0.25) is 0 Å². The van der Waals surface area contributed by atoms with E-state index >= 15 is 0 Å². The molecule has 0 amide bonds. The number of pyridine rings is 1. The lowest BCUT2D eigenvalue weighted by molar-refractivity contribution is 0.0848. The molecule has 1 fully saturated rings. The highest BCUT2D eigenvalue weighted by molar-refractivity contribution is 5.09. The number of rotatable bonds is 6. The third-order valence-electron chi connectivity index (χ3n) is 4.88. The molecular weight excluding hydrogens is 258 g/mol. The summed E-state index contributed by atoms with van der Waals surface area (Å²) in [5.74, 6) is 0.750. The molecule has 3 heteroatoms. The molecule has 2 rings (SSSR count). The average Bonchev–Trinajstić information content (AvgIpc) is 2.43. The first-order chi connectivity index (χ1) is 10.0. The van der Waals surface area contributed by atoms with Crippen molar-refractivity contribution in [2.75, 3.05) is 20.1 Å². The second-order valence-electron chi connectivity index (χ2n) is 7.23. The van der Waals surface area contributed by atoms with Gasteiger partial charge >= 0.3 is 0 Å². The first kappa shape index (κ1) is 16.4. The van der Waals surface area contributed by atoms with Gasteiger partial charge in [0.05, 0.1) is 0 Å². The van der Waals surface area contributed by atoms with E-state index in [1.54, 1.807) is 0 Å². The summed E-state index contributed by atoms with van der Waals surface area (Å²) in [4.78, 5) is 6.56. The minimum absolute atomic E-state index is 0.413. The van der Waals surface area contributed by atoms with Gasteiger partial charge in [-0.05, 0) is 55.5 Å². The van der Waals surface area contributed by atoms with Gasteiger partial charge in [-0.3, -0.25) is 4.98 Å². The molecule has 0 saturated heterocycles. The van der Waals surface area contributed by atoms with Crippen LogP contribution in [0.5, 0.6) is 0 Å². The van der Waals surface area contributed by atoms with Gasteiger partial charge in [0.25, 0.3) is 0 Å². The number of hydrogen-bond donors (Lipinski definition) is 1. The van der Waals surface area contributed by atoms with Crippen molar-refractivity contribution in [2.45, 2.75) is 52.6 Å². The summed E-state index contributed by atoms with van der Waals surface area (Å²) in [6.45, 7) is 10.3. The number of nitrogens with one attached hydrogen (secondary N) is 1. The summed E-state index contributed by atoms with van der Waals surface area (Å²) in [7, 11) is 2.24. The van der Waals surface area contributed by atoms with Crippen molar-refractivity contribution in [1.82, 2.24) is 15.2 Å². The molecule has 21 heavy (non-hydrogen) atoms. The Kier molecular flexibility index (Phi) is 5.77. The van der Waals surface area contributed by atoms with Gasteiger partial charge in [-0.2, -0.15) is 0 Å². The zero-order valence-corrected chi connectivity index (χ0v) is 14.1. The summed E-state index contributed by atoms with van der Waals surface area (Å²) < 4.78 is 0. The molecule has 0 spiro atoms. The van der Waals surface area contributed by atoms with Crippen molar-refractivity contribution >= 4 is 0 Å². The largest absolute Gasteiger partial charge is 0.313 e. The predicted octanol–water partition coefficient (Wildman–Crippen LogP) is 3.32. The molecule has 1 aromatic heterocycles. The summed E-state index contributed by atoms with van der Waals surface area (Å²) in [6.07, 6.45) is 7.82. The van der Waals surface area contributed by atoms with Crippen LogP contribution in [-0.4, -0.2) is 36.1 Å². The second kappa shape index (κ2) is 7.37. The highest BCUT2D eigenvalue weighted by atomic mass is 15.1. The van der Waals surface area contributed by atoms with Crippen LogP contribution in [0, 0.1) is 11.3 Å². The SMILES string of the molecule is CCNC1C(CN(C)Cc2ccncc2)CCCC1(C)C. The highest BCUT2D eigenvalue weighted by Gasteiger charge is 2.38. The van der Waals surface area contributed by atoms with E-state index in [4.69, 9.17) is 0 Å². The van der Waals surface area contributed by atoms with Gasteiger partial charge in [-0.1, -0.05) is 27.2 Å². The Bertz CT molecular complexity index is 416. The molecule has 0 radical (unpaired) electrons. The Morgan fingerprint density at radius 2 is 2.05 bits per heavy atom. The zero-order valence-electron chi connectivity index (χ0n) is 14.1. The molecule has 2 atom stereocenters. The first-order valence-electron chi connectivity index (χ1n) is 8.34. The van der Waals surface area contributed by atoms with Crippen LogP contribution in [0.3, 0.4) is 0 Å². The van der Waals surface area contributed by atoms with E-state index in [-0.39, 0.29) is 0 Å². The average molecular weight is 289 g/mol. The molecule has 118 valence electrons. The maximum atomic E-state index is 4.10. The molecule has 1 N–H and O–H groups in total. The number of nitrogens with zero attached hydrogens (tertiary/aromatic N) is 2. The first-order valence-corrected chi connectivity index (χ1v) is 8.34. The van der Waals surface area contributed by atoms with Crippen LogP contribution in [0.1, 0.15) is 45.6 Å². The smallest absolute Gasteiger partial charge is 0.0271 e. The zero-order chi connectivity index (χ0) is 15.3. The minimum atomic E-state index is 0.413. The van der Waals surface area contributed by atoms with Crippen molar-refractivity contribution < 1.29 is 0 Å². The standard InChI is InChI=1S/C18H31N3/c1-5-20-17-16(7-6-10-18(17,2)3)14-21(4)13-15-8-11-19-12-9-15/h8-9,11-12,16-17,20H,5-7,10,13-14H2,1-4H3. The van der Waals surface area contributed by atoms with Crippen LogP contribution in [0.25, 0.3) is 0 Å². The number of hydrogen-bond acceptors (Lipinski definition) is 3. The van der Waals surface area contributed by atoms with Gasteiger partial charge in [0.15, 0.2) is 0 Å². The summed E-state index contributed by atoms with van der Waals surface area (Å²) >= 11 is 0. The summed E-state index contributed by atoms with van der Waals surface area (Å²) in [5, 5.41) is 3.76. The van der Waals surface area contributed by atoms with Gasteiger partial charge in [0.2, 0.25) is 0 Å². The van der Waals surface area contributed by atoms with E-state index in [0.29, 0.717) is 11.5 Å². The maximum absolute atomic E-state index is 4.10. The minimum Gasteiger partial charge on any atom is -0.313 e. The molecule has 0 aliphatic heterocycles. The van der Waals surface area contributed by atoms with E-state index in [1.807, 2.05) is 12.4 Å².